The lowest BCUT2D eigenvalue weighted by atomic mass is 10.1. The van der Waals surface area contributed by atoms with E-state index in [0.717, 1.165) is 47.3 Å². The molecule has 0 bridgehead atoms. The lowest BCUT2D eigenvalue weighted by Gasteiger charge is -2.13. The van der Waals surface area contributed by atoms with Crippen molar-refractivity contribution in [1.29, 1.82) is 0 Å². The van der Waals surface area contributed by atoms with Crippen LogP contribution in [0.1, 0.15) is 17.7 Å². The highest BCUT2D eigenvalue weighted by Gasteiger charge is 2.20. The molecule has 1 heterocycles. The number of methoxy groups -OCH3 is 1. The molecule has 0 saturated heterocycles. The summed E-state index contributed by atoms with van der Waals surface area (Å²) in [5.74, 6) is 6.46. The van der Waals surface area contributed by atoms with E-state index in [1.54, 1.807) is 7.11 Å². The fourth-order valence-corrected chi connectivity index (χ4v) is 2.59. The van der Waals surface area contributed by atoms with E-state index in [0.29, 0.717) is 0 Å². The van der Waals surface area contributed by atoms with E-state index in [4.69, 9.17) is 15.6 Å². The Morgan fingerprint density at radius 2 is 2.24 bits per heavy atom. The first kappa shape index (κ1) is 10.4. The summed E-state index contributed by atoms with van der Waals surface area (Å²) in [4.78, 5) is 4.71. The molecular formula is C13H15N3O. The van der Waals surface area contributed by atoms with Crippen LogP contribution in [-0.2, 0) is 12.8 Å². The Labute approximate surface area is 99.8 Å². The van der Waals surface area contributed by atoms with Crippen LogP contribution in [0.3, 0.4) is 0 Å². The number of nitrogens with two attached hydrogens (primary N) is 1. The van der Waals surface area contributed by atoms with E-state index in [1.807, 2.05) is 18.2 Å². The van der Waals surface area contributed by atoms with Gasteiger partial charge in [-0.3, -0.25) is 5.84 Å². The second kappa shape index (κ2) is 3.89. The molecule has 0 amide bonds. The minimum absolute atomic E-state index is 0.800. The van der Waals surface area contributed by atoms with Crippen molar-refractivity contribution in [3.8, 4) is 5.75 Å². The summed E-state index contributed by atoms with van der Waals surface area (Å²) >= 11 is 0. The van der Waals surface area contributed by atoms with Gasteiger partial charge in [0.05, 0.1) is 12.8 Å². The number of hydrogen-bond acceptors (Lipinski definition) is 4. The van der Waals surface area contributed by atoms with Gasteiger partial charge in [0.2, 0.25) is 0 Å². The number of fused-ring (bicyclic) bond motifs is 2. The molecule has 1 aromatic carbocycles. The SMILES string of the molecule is COc1cccc2c(NN)c3c(nc12)CCC3. The quantitative estimate of drug-likeness (QED) is 0.611. The molecule has 4 nitrogen and oxygen atoms in total. The van der Waals surface area contributed by atoms with Crippen molar-refractivity contribution in [2.75, 3.05) is 12.5 Å². The molecule has 0 radical (unpaired) electrons. The molecule has 1 aliphatic rings. The Balaban J connectivity index is 2.40. The van der Waals surface area contributed by atoms with E-state index in [-0.39, 0.29) is 0 Å². The average Bonchev–Trinajstić information content (AvgIpc) is 2.82. The highest BCUT2D eigenvalue weighted by Crippen LogP contribution is 2.36. The predicted octanol–water partition coefficient (Wildman–Crippen LogP) is 2.02. The summed E-state index contributed by atoms with van der Waals surface area (Å²) in [5.41, 5.74) is 7.13. The van der Waals surface area contributed by atoms with Crippen LogP contribution >= 0.6 is 0 Å². The van der Waals surface area contributed by atoms with Crippen LogP contribution in [-0.4, -0.2) is 12.1 Å². The van der Waals surface area contributed by atoms with Gasteiger partial charge in [0.1, 0.15) is 11.3 Å². The van der Waals surface area contributed by atoms with Gasteiger partial charge in [0.25, 0.3) is 0 Å². The third-order valence-corrected chi connectivity index (χ3v) is 3.37. The Kier molecular flexibility index (Phi) is 2.37. The van der Waals surface area contributed by atoms with Gasteiger partial charge >= 0.3 is 0 Å². The first-order valence-electron chi connectivity index (χ1n) is 5.80. The number of ether oxygens (including phenoxy) is 1. The molecule has 0 fully saturated rings. The summed E-state index contributed by atoms with van der Waals surface area (Å²) in [7, 11) is 1.67. The number of hydrazine groups is 1. The number of nitrogens with one attached hydrogen (secondary N) is 1. The zero-order chi connectivity index (χ0) is 11.8. The van der Waals surface area contributed by atoms with Crippen LogP contribution in [0.15, 0.2) is 18.2 Å². The number of rotatable bonds is 2. The number of aryl methyl sites for hydroxylation is 1. The van der Waals surface area contributed by atoms with Crippen LogP contribution in [0.2, 0.25) is 0 Å². The molecule has 1 aliphatic carbocycles. The number of benzene rings is 1. The molecule has 88 valence electrons. The molecule has 0 atom stereocenters. The summed E-state index contributed by atoms with van der Waals surface area (Å²) in [6, 6.07) is 5.92. The monoisotopic (exact) mass is 229 g/mol. The summed E-state index contributed by atoms with van der Waals surface area (Å²) in [6.07, 6.45) is 3.22. The van der Waals surface area contributed by atoms with Crippen LogP contribution in [0, 0.1) is 0 Å². The van der Waals surface area contributed by atoms with Crippen molar-refractivity contribution in [2.45, 2.75) is 19.3 Å². The maximum atomic E-state index is 5.66. The van der Waals surface area contributed by atoms with Gasteiger partial charge < -0.3 is 10.2 Å². The minimum atomic E-state index is 0.800. The predicted molar refractivity (Wildman–Crippen MR) is 68.1 cm³/mol. The van der Waals surface area contributed by atoms with Crippen LogP contribution in [0.4, 0.5) is 5.69 Å². The molecular weight excluding hydrogens is 214 g/mol. The van der Waals surface area contributed by atoms with Crippen LogP contribution in [0.5, 0.6) is 5.75 Å². The van der Waals surface area contributed by atoms with E-state index in [2.05, 4.69) is 5.43 Å². The molecule has 2 aromatic rings. The Morgan fingerprint density at radius 3 is 3.00 bits per heavy atom. The number of anilines is 1. The van der Waals surface area contributed by atoms with Crippen molar-refractivity contribution >= 4 is 16.6 Å². The number of hydrogen-bond donors (Lipinski definition) is 2. The van der Waals surface area contributed by atoms with Crippen LogP contribution < -0.4 is 16.0 Å². The molecule has 17 heavy (non-hydrogen) atoms. The number of pyridine rings is 1. The zero-order valence-corrected chi connectivity index (χ0v) is 9.79. The maximum Gasteiger partial charge on any atom is 0.145 e. The largest absolute Gasteiger partial charge is 0.494 e. The number of aromatic nitrogens is 1. The second-order valence-electron chi connectivity index (χ2n) is 4.27. The smallest absolute Gasteiger partial charge is 0.145 e. The van der Waals surface area contributed by atoms with E-state index >= 15 is 0 Å². The van der Waals surface area contributed by atoms with Gasteiger partial charge in [-0.05, 0) is 30.9 Å². The first-order chi connectivity index (χ1) is 8.35. The topological polar surface area (TPSA) is 60.2 Å². The highest BCUT2D eigenvalue weighted by atomic mass is 16.5. The van der Waals surface area contributed by atoms with Gasteiger partial charge in [-0.2, -0.15) is 0 Å². The maximum absolute atomic E-state index is 5.66. The fourth-order valence-electron chi connectivity index (χ4n) is 2.59. The molecule has 1 aromatic heterocycles. The third-order valence-electron chi connectivity index (χ3n) is 3.37. The van der Waals surface area contributed by atoms with Crippen molar-refractivity contribution < 1.29 is 4.74 Å². The van der Waals surface area contributed by atoms with Gasteiger partial charge in [-0.25, -0.2) is 4.98 Å². The summed E-state index contributed by atoms with van der Waals surface area (Å²) < 4.78 is 5.36. The molecule has 0 unspecified atom stereocenters. The fraction of sp³-hybridized carbons (Fsp3) is 0.308. The van der Waals surface area contributed by atoms with Gasteiger partial charge in [0.15, 0.2) is 0 Å². The number of nitrogens with zero attached hydrogens (tertiary/aromatic N) is 1. The van der Waals surface area contributed by atoms with Gasteiger partial charge in [0, 0.05) is 11.1 Å². The summed E-state index contributed by atoms with van der Waals surface area (Å²) in [5, 5.41) is 1.03. The van der Waals surface area contributed by atoms with E-state index in [9.17, 15) is 0 Å². The molecule has 3 N–H and O–H groups in total. The molecule has 0 spiro atoms. The molecule has 4 heteroatoms. The van der Waals surface area contributed by atoms with E-state index in [1.165, 1.54) is 5.56 Å². The first-order valence-corrected chi connectivity index (χ1v) is 5.80. The average molecular weight is 229 g/mol. The normalized spacial score (nSPS) is 13.8. The molecule has 0 aliphatic heterocycles. The van der Waals surface area contributed by atoms with Gasteiger partial charge in [-0.15, -0.1) is 0 Å². The van der Waals surface area contributed by atoms with E-state index < -0.39 is 0 Å². The Morgan fingerprint density at radius 1 is 1.35 bits per heavy atom. The van der Waals surface area contributed by atoms with Crippen molar-refractivity contribution in [3.63, 3.8) is 0 Å². The standard InChI is InChI=1S/C13H15N3O/c1-17-11-7-3-5-9-12(16-14)8-4-2-6-10(8)15-13(9)11/h3,5,7H,2,4,6,14H2,1H3,(H,15,16). The Hall–Kier alpha value is -1.81. The second-order valence-corrected chi connectivity index (χ2v) is 4.27. The van der Waals surface area contributed by atoms with Crippen LogP contribution in [0.25, 0.3) is 10.9 Å². The lowest BCUT2D eigenvalue weighted by molar-refractivity contribution is 0.419. The lowest BCUT2D eigenvalue weighted by Crippen LogP contribution is -2.10. The minimum Gasteiger partial charge on any atom is -0.494 e. The molecule has 0 saturated carbocycles. The Bertz CT molecular complexity index is 580. The van der Waals surface area contributed by atoms with Crippen molar-refractivity contribution in [3.05, 3.63) is 29.5 Å². The van der Waals surface area contributed by atoms with Crippen molar-refractivity contribution in [2.24, 2.45) is 5.84 Å². The number of para-hydroxylation sites is 1. The zero-order valence-electron chi connectivity index (χ0n) is 9.79. The number of nitrogen functional groups attached to an aromatic ring is 1. The highest BCUT2D eigenvalue weighted by molar-refractivity contribution is 5.96. The molecule has 3 rings (SSSR count). The third kappa shape index (κ3) is 1.45. The van der Waals surface area contributed by atoms with Gasteiger partial charge in [-0.1, -0.05) is 12.1 Å². The summed E-state index contributed by atoms with van der Waals surface area (Å²) in [6.45, 7) is 0. The van der Waals surface area contributed by atoms with Crippen molar-refractivity contribution in [1.82, 2.24) is 4.98 Å².